The van der Waals surface area contributed by atoms with E-state index in [4.69, 9.17) is 14.5 Å². The highest BCUT2D eigenvalue weighted by Gasteiger charge is 2.25. The number of nitrogens with zero attached hydrogens (tertiary/aromatic N) is 1. The first-order valence-corrected chi connectivity index (χ1v) is 10.8. The molecule has 1 aliphatic heterocycles. The molecule has 0 amide bonds. The Bertz CT molecular complexity index is 765. The average Bonchev–Trinajstić information content (AvgIpc) is 3.18. The zero-order valence-electron chi connectivity index (χ0n) is 16.6. The molecule has 1 aliphatic rings. The Kier molecular flexibility index (Phi) is 7.59. The second-order valence-electron chi connectivity index (χ2n) is 6.32. The van der Waals surface area contributed by atoms with Gasteiger partial charge < -0.3 is 14.8 Å². The van der Waals surface area contributed by atoms with Gasteiger partial charge in [0.25, 0.3) is 0 Å². The van der Waals surface area contributed by atoms with Gasteiger partial charge in [0.1, 0.15) is 17.7 Å². The molecule has 0 radical (unpaired) electrons. The largest absolute Gasteiger partial charge is 0.494 e. The van der Waals surface area contributed by atoms with Gasteiger partial charge in [-0.2, -0.15) is 0 Å². The first kappa shape index (κ1) is 20.5. The number of thioether (sulfide) groups is 1. The van der Waals surface area contributed by atoms with Crippen LogP contribution in [0.1, 0.15) is 31.9 Å². The predicted molar refractivity (Wildman–Crippen MR) is 117 cm³/mol. The number of rotatable bonds is 7. The summed E-state index contributed by atoms with van der Waals surface area (Å²) in [5, 5.41) is 4.25. The molecule has 0 bridgehead atoms. The molecule has 1 saturated heterocycles. The first-order chi connectivity index (χ1) is 13.7. The second-order valence-corrected chi connectivity index (χ2v) is 7.11. The van der Waals surface area contributed by atoms with Crippen LogP contribution in [0.15, 0.2) is 53.5 Å². The minimum absolute atomic E-state index is 0.00853. The van der Waals surface area contributed by atoms with Crippen LogP contribution in [0, 0.1) is 0 Å². The lowest BCUT2D eigenvalue weighted by Crippen LogP contribution is -2.30. The lowest BCUT2D eigenvalue weighted by molar-refractivity contribution is 0.340. The standard InChI is InChI=1S/C21H28N4O2S/c1-4-26-17-10-6-15(7-11-17)19-14-20(25-24-19)23-21(28-3)22-16-8-12-18(13-9-16)27-5-2/h6-13,19-20,24-25H,4-5,14H2,1-3H3,(H,22,23). The summed E-state index contributed by atoms with van der Waals surface area (Å²) in [4.78, 5) is 4.81. The number of amidine groups is 1. The van der Waals surface area contributed by atoms with Crippen LogP contribution < -0.4 is 25.6 Å². The number of benzene rings is 2. The minimum Gasteiger partial charge on any atom is -0.494 e. The number of anilines is 1. The molecule has 0 aliphatic carbocycles. The Balaban J connectivity index is 1.58. The number of nitrogens with one attached hydrogen (secondary N) is 3. The van der Waals surface area contributed by atoms with Crippen LogP contribution in [-0.2, 0) is 0 Å². The molecular weight excluding hydrogens is 372 g/mol. The third-order valence-corrected chi connectivity index (χ3v) is 4.95. The molecule has 150 valence electrons. The van der Waals surface area contributed by atoms with E-state index in [0.717, 1.165) is 28.8 Å². The van der Waals surface area contributed by atoms with Crippen molar-refractivity contribution in [2.24, 2.45) is 4.99 Å². The van der Waals surface area contributed by atoms with E-state index in [9.17, 15) is 0 Å². The topological polar surface area (TPSA) is 66.9 Å². The van der Waals surface area contributed by atoms with E-state index in [-0.39, 0.29) is 12.2 Å². The van der Waals surface area contributed by atoms with Crippen molar-refractivity contribution in [2.75, 3.05) is 24.8 Å². The van der Waals surface area contributed by atoms with Crippen molar-refractivity contribution in [2.45, 2.75) is 32.5 Å². The van der Waals surface area contributed by atoms with Gasteiger partial charge in [-0.15, -0.1) is 0 Å². The molecule has 2 aromatic carbocycles. The summed E-state index contributed by atoms with van der Waals surface area (Å²) in [5.41, 5.74) is 8.83. The Labute approximate surface area is 171 Å². The highest BCUT2D eigenvalue weighted by molar-refractivity contribution is 8.13. The van der Waals surface area contributed by atoms with Crippen molar-refractivity contribution in [1.29, 1.82) is 0 Å². The monoisotopic (exact) mass is 400 g/mol. The molecule has 6 nitrogen and oxygen atoms in total. The number of aliphatic imine (C=N–C) groups is 1. The van der Waals surface area contributed by atoms with E-state index in [0.29, 0.717) is 13.2 Å². The highest BCUT2D eigenvalue weighted by Crippen LogP contribution is 2.25. The van der Waals surface area contributed by atoms with Crippen molar-refractivity contribution in [3.8, 4) is 11.5 Å². The second kappa shape index (κ2) is 10.4. The van der Waals surface area contributed by atoms with Gasteiger partial charge in [-0.3, -0.25) is 0 Å². The number of hydrogen-bond acceptors (Lipinski definition) is 6. The van der Waals surface area contributed by atoms with Crippen LogP contribution in [0.2, 0.25) is 0 Å². The Hall–Kier alpha value is -2.22. The zero-order chi connectivity index (χ0) is 19.8. The maximum Gasteiger partial charge on any atom is 0.162 e. The summed E-state index contributed by atoms with van der Waals surface area (Å²) in [6.07, 6.45) is 2.91. The van der Waals surface area contributed by atoms with Crippen LogP contribution in [0.4, 0.5) is 5.69 Å². The molecule has 0 aromatic heterocycles. The van der Waals surface area contributed by atoms with E-state index >= 15 is 0 Å². The lowest BCUT2D eigenvalue weighted by atomic mass is 10.0. The highest BCUT2D eigenvalue weighted by atomic mass is 32.2. The molecule has 0 spiro atoms. The Morgan fingerprint density at radius 1 is 1.00 bits per heavy atom. The van der Waals surface area contributed by atoms with E-state index in [1.807, 2.05) is 56.5 Å². The van der Waals surface area contributed by atoms with Crippen LogP contribution in [0.25, 0.3) is 0 Å². The summed E-state index contributed by atoms with van der Waals surface area (Å²) in [6, 6.07) is 16.4. The fourth-order valence-corrected chi connectivity index (χ4v) is 3.46. The molecule has 28 heavy (non-hydrogen) atoms. The molecule has 7 heteroatoms. The van der Waals surface area contributed by atoms with Crippen LogP contribution in [-0.4, -0.2) is 30.8 Å². The minimum atomic E-state index is 0.00853. The van der Waals surface area contributed by atoms with Gasteiger partial charge in [0.2, 0.25) is 0 Å². The van der Waals surface area contributed by atoms with Gasteiger partial charge in [-0.05, 0) is 62.1 Å². The van der Waals surface area contributed by atoms with E-state index in [1.54, 1.807) is 11.8 Å². The third-order valence-electron chi connectivity index (χ3n) is 4.36. The molecule has 1 heterocycles. The van der Waals surface area contributed by atoms with Crippen molar-refractivity contribution in [3.05, 3.63) is 54.1 Å². The fourth-order valence-electron chi connectivity index (χ4n) is 3.01. The quantitative estimate of drug-likeness (QED) is 0.479. The molecule has 2 aromatic rings. The molecular formula is C21H28N4O2S. The number of hydrazine groups is 1. The molecule has 3 rings (SSSR count). The van der Waals surface area contributed by atoms with Gasteiger partial charge in [0.15, 0.2) is 5.17 Å². The lowest BCUT2D eigenvalue weighted by Gasteiger charge is -2.12. The van der Waals surface area contributed by atoms with Crippen LogP contribution in [0.5, 0.6) is 11.5 Å². The van der Waals surface area contributed by atoms with Gasteiger partial charge in [-0.25, -0.2) is 15.8 Å². The summed E-state index contributed by atoms with van der Waals surface area (Å²) >= 11 is 1.59. The molecule has 1 fully saturated rings. The van der Waals surface area contributed by atoms with Gasteiger partial charge in [0.05, 0.1) is 13.2 Å². The van der Waals surface area contributed by atoms with Crippen LogP contribution >= 0.6 is 11.8 Å². The summed E-state index contributed by atoms with van der Waals surface area (Å²) in [6.45, 7) is 5.32. The summed E-state index contributed by atoms with van der Waals surface area (Å²) in [5.74, 6) is 1.77. The SMILES string of the molecule is CCOc1ccc(N/C(=N/C2CC(c3ccc(OCC)cc3)NN2)SC)cc1. The van der Waals surface area contributed by atoms with Crippen molar-refractivity contribution < 1.29 is 9.47 Å². The summed E-state index contributed by atoms with van der Waals surface area (Å²) < 4.78 is 11.0. The van der Waals surface area contributed by atoms with Crippen molar-refractivity contribution in [3.63, 3.8) is 0 Å². The van der Waals surface area contributed by atoms with Gasteiger partial charge in [0, 0.05) is 18.2 Å². The normalized spacial score (nSPS) is 19.5. The van der Waals surface area contributed by atoms with Crippen LogP contribution in [0.3, 0.4) is 0 Å². The zero-order valence-corrected chi connectivity index (χ0v) is 17.4. The first-order valence-electron chi connectivity index (χ1n) is 9.57. The van der Waals surface area contributed by atoms with E-state index < -0.39 is 0 Å². The number of ether oxygens (including phenoxy) is 2. The predicted octanol–water partition coefficient (Wildman–Crippen LogP) is 4.18. The Morgan fingerprint density at radius 2 is 1.61 bits per heavy atom. The van der Waals surface area contributed by atoms with E-state index in [2.05, 4.69) is 28.3 Å². The smallest absolute Gasteiger partial charge is 0.162 e. The average molecular weight is 401 g/mol. The van der Waals surface area contributed by atoms with Crippen molar-refractivity contribution >= 4 is 22.6 Å². The molecule has 0 saturated carbocycles. The van der Waals surface area contributed by atoms with E-state index in [1.165, 1.54) is 5.56 Å². The maximum absolute atomic E-state index is 5.51. The summed E-state index contributed by atoms with van der Waals surface area (Å²) in [7, 11) is 0. The number of hydrogen-bond donors (Lipinski definition) is 3. The molecule has 3 N–H and O–H groups in total. The van der Waals surface area contributed by atoms with Crippen molar-refractivity contribution in [1.82, 2.24) is 10.9 Å². The third kappa shape index (κ3) is 5.64. The fraction of sp³-hybridized carbons (Fsp3) is 0.381. The maximum atomic E-state index is 5.51. The molecule has 2 atom stereocenters. The Morgan fingerprint density at radius 3 is 2.18 bits per heavy atom. The van der Waals surface area contributed by atoms with Gasteiger partial charge in [-0.1, -0.05) is 23.9 Å². The molecule has 2 unspecified atom stereocenters. The van der Waals surface area contributed by atoms with Gasteiger partial charge >= 0.3 is 0 Å².